The summed E-state index contributed by atoms with van der Waals surface area (Å²) in [4.78, 5) is 12.0. The van der Waals surface area contributed by atoms with Crippen LogP contribution in [0, 0.1) is 0 Å². The number of hydrogen-bond donors (Lipinski definition) is 1. The van der Waals surface area contributed by atoms with Gasteiger partial charge in [0.1, 0.15) is 4.90 Å². The topological polar surface area (TPSA) is 62.8 Å². The maximum absolute atomic E-state index is 11.7. The minimum Gasteiger partial charge on any atom is -0.267 e. The quantitative estimate of drug-likeness (QED) is 0.775. The molecule has 2 heterocycles. The number of fused-ring (bicyclic) bond motifs is 1. The summed E-state index contributed by atoms with van der Waals surface area (Å²) in [6.07, 6.45) is 1.70. The Bertz CT molecular complexity index is 465. The fraction of sp³-hybridized carbons (Fsp3) is 0.600. The third-order valence-electron chi connectivity index (χ3n) is 2.60. The lowest BCUT2D eigenvalue weighted by Crippen LogP contribution is -2.26. The zero-order valence-corrected chi connectivity index (χ0v) is 9.69. The Balaban J connectivity index is 2.69. The summed E-state index contributed by atoms with van der Waals surface area (Å²) >= 11 is 0. The molecule has 0 spiro atoms. The molecule has 1 unspecified atom stereocenters. The highest BCUT2D eigenvalue weighted by Crippen LogP contribution is 2.24. The molecule has 0 saturated heterocycles. The van der Waals surface area contributed by atoms with Crippen LogP contribution in [-0.4, -0.2) is 20.2 Å². The number of nitrogens with zero attached hydrogens (tertiary/aromatic N) is 1. The van der Waals surface area contributed by atoms with Crippen molar-refractivity contribution in [1.82, 2.24) is 10.2 Å². The van der Waals surface area contributed by atoms with E-state index in [9.17, 15) is 9.00 Å². The molecule has 0 amide bonds. The summed E-state index contributed by atoms with van der Waals surface area (Å²) in [7, 11) is -1.14. The van der Waals surface area contributed by atoms with Gasteiger partial charge in [0.25, 0.3) is 5.56 Å². The van der Waals surface area contributed by atoms with Crippen LogP contribution in [0.25, 0.3) is 0 Å². The molecular formula is C10H14N2O2S. The predicted molar refractivity (Wildman–Crippen MR) is 58.5 cm³/mol. The second-order valence-corrected chi connectivity index (χ2v) is 5.56. The van der Waals surface area contributed by atoms with Gasteiger partial charge in [0, 0.05) is 5.75 Å². The zero-order valence-electron chi connectivity index (χ0n) is 8.87. The van der Waals surface area contributed by atoms with E-state index in [-0.39, 0.29) is 11.5 Å². The molecule has 1 aliphatic heterocycles. The van der Waals surface area contributed by atoms with Crippen LogP contribution in [-0.2, 0) is 17.2 Å². The predicted octanol–water partition coefficient (Wildman–Crippen LogP) is 0.947. The second kappa shape index (κ2) is 3.89. The van der Waals surface area contributed by atoms with E-state index >= 15 is 0 Å². The molecule has 4 nitrogen and oxygen atoms in total. The van der Waals surface area contributed by atoms with Crippen molar-refractivity contribution in [3.63, 3.8) is 0 Å². The fourth-order valence-electron chi connectivity index (χ4n) is 1.92. The van der Waals surface area contributed by atoms with Crippen molar-refractivity contribution in [3.05, 3.63) is 21.6 Å². The average Bonchev–Trinajstić information content (AvgIpc) is 2.17. The Labute approximate surface area is 90.6 Å². The molecule has 1 aromatic rings. The summed E-state index contributed by atoms with van der Waals surface area (Å²) < 4.78 is 11.7. The van der Waals surface area contributed by atoms with Gasteiger partial charge in [-0.05, 0) is 24.3 Å². The van der Waals surface area contributed by atoms with Crippen LogP contribution in [0.15, 0.2) is 9.69 Å². The first-order chi connectivity index (χ1) is 7.11. The number of H-pyrrole nitrogens is 1. The summed E-state index contributed by atoms with van der Waals surface area (Å²) in [5.74, 6) is 0.850. The maximum atomic E-state index is 11.7. The van der Waals surface area contributed by atoms with Crippen molar-refractivity contribution < 1.29 is 4.21 Å². The standard InChI is InChI=1S/C10H14N2O2S/c1-6(2)8-7-4-3-5-15(14)9(7)10(13)12-11-8/h6H,3-5H2,1-2H3,(H,12,13). The molecular weight excluding hydrogens is 212 g/mol. The lowest BCUT2D eigenvalue weighted by molar-refractivity contribution is 0.659. The van der Waals surface area contributed by atoms with Gasteiger partial charge < -0.3 is 0 Å². The van der Waals surface area contributed by atoms with E-state index in [4.69, 9.17) is 0 Å². The molecule has 1 N–H and O–H groups in total. The van der Waals surface area contributed by atoms with Crippen molar-refractivity contribution in [3.8, 4) is 0 Å². The lowest BCUT2D eigenvalue weighted by atomic mass is 10.0. The molecule has 0 fully saturated rings. The lowest BCUT2D eigenvalue weighted by Gasteiger charge is -2.18. The van der Waals surface area contributed by atoms with Gasteiger partial charge in [-0.25, -0.2) is 5.10 Å². The third-order valence-corrected chi connectivity index (χ3v) is 4.15. The van der Waals surface area contributed by atoms with Gasteiger partial charge in [0.05, 0.1) is 16.5 Å². The van der Waals surface area contributed by atoms with Gasteiger partial charge in [-0.1, -0.05) is 13.8 Å². The van der Waals surface area contributed by atoms with Crippen LogP contribution in [0.5, 0.6) is 0 Å². The first kappa shape index (κ1) is 10.5. The summed E-state index contributed by atoms with van der Waals surface area (Å²) in [6, 6.07) is 0. The van der Waals surface area contributed by atoms with Crippen molar-refractivity contribution in [2.75, 3.05) is 5.75 Å². The molecule has 5 heteroatoms. The van der Waals surface area contributed by atoms with Crippen LogP contribution < -0.4 is 5.56 Å². The fourth-order valence-corrected chi connectivity index (χ4v) is 3.27. The molecule has 15 heavy (non-hydrogen) atoms. The summed E-state index contributed by atoms with van der Waals surface area (Å²) in [6.45, 7) is 4.05. The SMILES string of the molecule is CC(C)c1n[nH]c(=O)c2c1CCCS2=O. The minimum atomic E-state index is -1.14. The van der Waals surface area contributed by atoms with Crippen LogP contribution in [0.1, 0.15) is 37.4 Å². The first-order valence-corrected chi connectivity index (χ1v) is 6.43. The van der Waals surface area contributed by atoms with E-state index < -0.39 is 10.8 Å². The average molecular weight is 226 g/mol. The Morgan fingerprint density at radius 2 is 2.20 bits per heavy atom. The highest BCUT2D eigenvalue weighted by Gasteiger charge is 2.24. The molecule has 0 aliphatic carbocycles. The number of nitrogens with one attached hydrogen (secondary N) is 1. The van der Waals surface area contributed by atoms with E-state index in [2.05, 4.69) is 10.2 Å². The third kappa shape index (κ3) is 1.76. The molecule has 0 radical (unpaired) electrons. The van der Waals surface area contributed by atoms with Gasteiger partial charge >= 0.3 is 0 Å². The van der Waals surface area contributed by atoms with Crippen molar-refractivity contribution in [2.45, 2.75) is 37.5 Å². The van der Waals surface area contributed by atoms with Gasteiger partial charge in [-0.3, -0.25) is 9.00 Å². The van der Waals surface area contributed by atoms with E-state index in [1.165, 1.54) is 0 Å². The van der Waals surface area contributed by atoms with Crippen molar-refractivity contribution in [2.24, 2.45) is 0 Å². The molecule has 82 valence electrons. The summed E-state index contributed by atoms with van der Waals surface area (Å²) in [5.41, 5.74) is 1.52. The number of hydrogen-bond acceptors (Lipinski definition) is 3. The van der Waals surface area contributed by atoms with Gasteiger partial charge in [-0.15, -0.1) is 0 Å². The Hall–Kier alpha value is -0.970. The van der Waals surface area contributed by atoms with Gasteiger partial charge in [0.15, 0.2) is 0 Å². The first-order valence-electron chi connectivity index (χ1n) is 5.11. The highest BCUT2D eigenvalue weighted by molar-refractivity contribution is 7.85. The minimum absolute atomic E-state index is 0.255. The van der Waals surface area contributed by atoms with Crippen molar-refractivity contribution >= 4 is 10.8 Å². The molecule has 0 saturated carbocycles. The van der Waals surface area contributed by atoms with E-state index in [0.717, 1.165) is 24.1 Å². The monoisotopic (exact) mass is 226 g/mol. The maximum Gasteiger partial charge on any atom is 0.280 e. The normalized spacial score (nSPS) is 20.3. The second-order valence-electron chi connectivity index (χ2n) is 4.05. The van der Waals surface area contributed by atoms with E-state index in [0.29, 0.717) is 10.6 Å². The smallest absolute Gasteiger partial charge is 0.267 e. The van der Waals surface area contributed by atoms with Crippen molar-refractivity contribution in [1.29, 1.82) is 0 Å². The van der Waals surface area contributed by atoms with Gasteiger partial charge in [0.2, 0.25) is 0 Å². The van der Waals surface area contributed by atoms with Crippen LogP contribution >= 0.6 is 0 Å². The molecule has 1 aromatic heterocycles. The molecule has 0 bridgehead atoms. The van der Waals surface area contributed by atoms with E-state index in [1.807, 2.05) is 13.8 Å². The Morgan fingerprint density at radius 1 is 1.47 bits per heavy atom. The van der Waals surface area contributed by atoms with Crippen LogP contribution in [0.3, 0.4) is 0 Å². The number of aromatic nitrogens is 2. The molecule has 1 atom stereocenters. The van der Waals surface area contributed by atoms with Crippen LogP contribution in [0.2, 0.25) is 0 Å². The Kier molecular flexibility index (Phi) is 2.73. The number of aromatic amines is 1. The zero-order chi connectivity index (χ0) is 11.0. The summed E-state index contributed by atoms with van der Waals surface area (Å²) in [5, 5.41) is 6.49. The highest BCUT2D eigenvalue weighted by atomic mass is 32.2. The largest absolute Gasteiger partial charge is 0.280 e. The number of rotatable bonds is 1. The van der Waals surface area contributed by atoms with Gasteiger partial charge in [-0.2, -0.15) is 5.10 Å². The Morgan fingerprint density at radius 3 is 2.87 bits per heavy atom. The molecule has 0 aromatic carbocycles. The van der Waals surface area contributed by atoms with E-state index in [1.54, 1.807) is 0 Å². The molecule has 2 rings (SSSR count). The molecule has 1 aliphatic rings. The van der Waals surface area contributed by atoms with Crippen LogP contribution in [0.4, 0.5) is 0 Å².